The van der Waals surface area contributed by atoms with Crippen molar-refractivity contribution < 1.29 is 36.6 Å². The fraction of sp³-hybridized carbons (Fsp3) is 0.125. The number of hydrogen-bond acceptors (Lipinski definition) is 8. The smallest absolute Gasteiger partial charge is 0.549 e. The van der Waals surface area contributed by atoms with Gasteiger partial charge in [0.1, 0.15) is 0 Å². The van der Waals surface area contributed by atoms with E-state index < -0.39 is 43.1 Å². The second-order valence-electron chi connectivity index (χ2n) is 5.17. The Morgan fingerprint density at radius 1 is 0.655 bits per heavy atom. The van der Waals surface area contributed by atoms with E-state index in [0.717, 1.165) is 0 Å². The van der Waals surface area contributed by atoms with E-state index in [9.17, 15) is 36.6 Å². The second kappa shape index (κ2) is 12.1. The van der Waals surface area contributed by atoms with Crippen LogP contribution in [0.3, 0.4) is 0 Å². The van der Waals surface area contributed by atoms with Crippen molar-refractivity contribution in [3.8, 4) is 0 Å². The third-order valence-corrected chi connectivity index (χ3v) is 6.68. The summed E-state index contributed by atoms with van der Waals surface area (Å²) in [6, 6.07) is 10.5. The first-order chi connectivity index (χ1) is 12.8. The van der Waals surface area contributed by atoms with Crippen LogP contribution in [0.25, 0.3) is 0 Å². The molecular weight excluding hydrogens is 495 g/mol. The third-order valence-electron chi connectivity index (χ3n) is 2.96. The van der Waals surface area contributed by atoms with Gasteiger partial charge in [0, 0.05) is 10.0 Å². The Balaban J connectivity index is 0.000000523. The Kier molecular flexibility index (Phi) is 11.7. The van der Waals surface area contributed by atoms with Crippen molar-refractivity contribution in [2.75, 3.05) is 11.5 Å². The van der Waals surface area contributed by atoms with Gasteiger partial charge in [-0.2, -0.15) is 0 Å². The van der Waals surface area contributed by atoms with Gasteiger partial charge in [-0.05, 0) is 48.5 Å². The summed E-state index contributed by atoms with van der Waals surface area (Å²) in [7, 11) is -7.59. The van der Waals surface area contributed by atoms with Gasteiger partial charge in [-0.25, -0.2) is 16.8 Å². The van der Waals surface area contributed by atoms with Crippen LogP contribution in [0.5, 0.6) is 0 Å². The molecule has 0 fully saturated rings. The molecule has 0 saturated carbocycles. The zero-order valence-corrected chi connectivity index (χ0v) is 19.9. The first-order valence-corrected chi connectivity index (χ1v) is 11.3. The summed E-state index contributed by atoms with van der Waals surface area (Å²) < 4.78 is 45.2. The van der Waals surface area contributed by atoms with E-state index in [2.05, 4.69) is 0 Å². The minimum Gasteiger partial charge on any atom is -0.549 e. The molecule has 0 N–H and O–H groups in total. The molecule has 0 bridgehead atoms. The number of carboxylic acids is 2. The Bertz CT molecular complexity index is 964. The van der Waals surface area contributed by atoms with Crippen molar-refractivity contribution >= 4 is 92.6 Å². The quantitative estimate of drug-likeness (QED) is 0.469. The van der Waals surface area contributed by atoms with Crippen LogP contribution in [0.1, 0.15) is 0 Å². The molecule has 2 aromatic carbocycles. The van der Waals surface area contributed by atoms with Gasteiger partial charge in [0.05, 0.1) is 33.2 Å². The largest absolute Gasteiger partial charge is 2.00 e. The number of sulfone groups is 2. The second-order valence-corrected chi connectivity index (χ2v) is 10.0. The zero-order valence-electron chi connectivity index (χ0n) is 14.6. The maximum absolute atomic E-state index is 11.3. The Labute approximate surface area is 207 Å². The van der Waals surface area contributed by atoms with Gasteiger partial charge in [0.15, 0.2) is 19.7 Å². The number of carbonyl (C=O) groups excluding carboxylic acids is 2. The maximum Gasteiger partial charge on any atom is 2.00 e. The molecule has 8 nitrogen and oxygen atoms in total. The van der Waals surface area contributed by atoms with Crippen LogP contribution in [-0.2, 0) is 29.3 Å². The number of halogens is 2. The van der Waals surface area contributed by atoms with E-state index in [-0.39, 0.29) is 47.5 Å². The van der Waals surface area contributed by atoms with Gasteiger partial charge in [-0.1, -0.05) is 23.2 Å². The predicted molar refractivity (Wildman–Crippen MR) is 103 cm³/mol. The number of carbonyl (C=O) groups is 2. The van der Waals surface area contributed by atoms with Gasteiger partial charge in [-0.15, -0.1) is 0 Å². The number of rotatable bonds is 6. The predicted octanol–water partition coefficient (Wildman–Crippen LogP) is -0.654. The summed E-state index contributed by atoms with van der Waals surface area (Å²) in [5.41, 5.74) is 0. The molecule has 0 amide bonds. The van der Waals surface area contributed by atoms with E-state index in [1.54, 1.807) is 0 Å². The van der Waals surface area contributed by atoms with Crippen molar-refractivity contribution in [1.29, 1.82) is 0 Å². The summed E-state index contributed by atoms with van der Waals surface area (Å²) in [5, 5.41) is 21.1. The molecule has 0 aliphatic rings. The molecule has 0 unspecified atom stereocenters. The molecule has 2 rings (SSSR count). The Morgan fingerprint density at radius 3 is 1.10 bits per heavy atom. The van der Waals surface area contributed by atoms with Crippen molar-refractivity contribution in [1.82, 2.24) is 0 Å². The molecule has 13 heteroatoms. The molecule has 29 heavy (non-hydrogen) atoms. The zero-order chi connectivity index (χ0) is 21.5. The molecule has 0 aliphatic heterocycles. The van der Waals surface area contributed by atoms with Crippen molar-refractivity contribution in [2.45, 2.75) is 9.79 Å². The van der Waals surface area contributed by atoms with E-state index >= 15 is 0 Å². The van der Waals surface area contributed by atoms with Gasteiger partial charge in [-0.3, -0.25) is 0 Å². The van der Waals surface area contributed by atoms with Crippen LogP contribution < -0.4 is 10.2 Å². The molecule has 0 saturated heterocycles. The minimum atomic E-state index is -3.80. The number of benzene rings is 2. The van der Waals surface area contributed by atoms with Gasteiger partial charge >= 0.3 is 37.7 Å². The number of aliphatic carboxylic acids is 2. The average molecular weight is 507 g/mol. The van der Waals surface area contributed by atoms with Gasteiger partial charge in [0.2, 0.25) is 0 Å². The third kappa shape index (κ3) is 10.1. The molecule has 0 heterocycles. The number of carboxylic acid groups (broad SMARTS) is 2. The van der Waals surface area contributed by atoms with Crippen LogP contribution in [0, 0.1) is 0 Å². The minimum absolute atomic E-state index is 0. The van der Waals surface area contributed by atoms with E-state index in [4.69, 9.17) is 23.2 Å². The van der Waals surface area contributed by atoms with Crippen LogP contribution in [-0.4, -0.2) is 78.0 Å². The normalized spacial score (nSPS) is 10.8. The van der Waals surface area contributed by atoms with Gasteiger partial charge in [0.25, 0.3) is 0 Å². The molecular formula is C16H12CaCl2O8S2. The fourth-order valence-corrected chi connectivity index (χ4v) is 4.07. The first-order valence-electron chi connectivity index (χ1n) is 7.20. The molecule has 0 atom stereocenters. The van der Waals surface area contributed by atoms with Crippen LogP contribution in [0.15, 0.2) is 58.3 Å². The van der Waals surface area contributed by atoms with E-state index in [1.165, 1.54) is 48.5 Å². The summed E-state index contributed by atoms with van der Waals surface area (Å²) >= 11 is 11.1. The van der Waals surface area contributed by atoms with E-state index in [1.807, 2.05) is 0 Å². The summed E-state index contributed by atoms with van der Waals surface area (Å²) in [6.07, 6.45) is 0. The monoisotopic (exact) mass is 506 g/mol. The van der Waals surface area contributed by atoms with Crippen molar-refractivity contribution in [2.24, 2.45) is 0 Å². The first kappa shape index (κ1) is 28.1. The molecule has 0 aromatic heterocycles. The Morgan fingerprint density at radius 2 is 0.897 bits per heavy atom. The van der Waals surface area contributed by atoms with Crippen LogP contribution >= 0.6 is 23.2 Å². The van der Waals surface area contributed by atoms with Crippen molar-refractivity contribution in [3.63, 3.8) is 0 Å². The fourth-order valence-electron chi connectivity index (χ4n) is 1.76. The maximum atomic E-state index is 11.3. The summed E-state index contributed by atoms with van der Waals surface area (Å²) in [5.74, 6) is -5.29. The molecule has 0 radical (unpaired) electrons. The van der Waals surface area contributed by atoms with E-state index in [0.29, 0.717) is 10.0 Å². The van der Waals surface area contributed by atoms with Crippen LogP contribution in [0.4, 0.5) is 0 Å². The molecule has 0 spiro atoms. The standard InChI is InChI=1S/2C8H7ClO4S.Ca/c2*9-6-1-3-7(4-2-6)14(12,13)5-8(10)11;/h2*1-4H,5H2,(H,10,11);/q;;+2/p-2. The Hall–Kier alpha value is -0.880. The summed E-state index contributed by atoms with van der Waals surface area (Å²) in [6.45, 7) is 0. The molecule has 2 aromatic rings. The SMILES string of the molecule is O=C([O-])CS(=O)(=O)c1ccc(Cl)cc1.O=C([O-])CS(=O)(=O)c1ccc(Cl)cc1.[Ca+2]. The molecule has 0 aliphatic carbocycles. The summed E-state index contributed by atoms with van der Waals surface area (Å²) in [4.78, 5) is 20.1. The van der Waals surface area contributed by atoms with Crippen molar-refractivity contribution in [3.05, 3.63) is 58.6 Å². The van der Waals surface area contributed by atoms with Gasteiger partial charge < -0.3 is 19.8 Å². The topological polar surface area (TPSA) is 149 Å². The molecule has 152 valence electrons. The number of hydrogen-bond donors (Lipinski definition) is 0. The average Bonchev–Trinajstić information content (AvgIpc) is 2.54. The van der Waals surface area contributed by atoms with Crippen LogP contribution in [0.2, 0.25) is 10.0 Å².